The predicted octanol–water partition coefficient (Wildman–Crippen LogP) is 1.03. The number of ether oxygens (including phenoxy) is 1. The molecule has 1 heterocycles. The zero-order chi connectivity index (χ0) is 6.69. The second-order valence-corrected chi connectivity index (χ2v) is 2.18. The van der Waals surface area contributed by atoms with Crippen LogP contribution in [0, 0.1) is 0 Å². The summed E-state index contributed by atoms with van der Waals surface area (Å²) in [6.07, 6.45) is 0. The summed E-state index contributed by atoms with van der Waals surface area (Å²) in [5.41, 5.74) is 6.33. The molecular formula is C5H9ClN2OS. The van der Waals surface area contributed by atoms with Gasteiger partial charge in [0.25, 0.3) is 0 Å². The third-order valence-electron chi connectivity index (χ3n) is 1.02. The summed E-state index contributed by atoms with van der Waals surface area (Å²) in [4.78, 5) is 0. The predicted molar refractivity (Wildman–Crippen MR) is 43.8 cm³/mol. The fourth-order valence-electron chi connectivity index (χ4n) is 0.551. The van der Waals surface area contributed by atoms with E-state index in [0.717, 1.165) is 5.56 Å². The molecule has 0 saturated heterocycles. The van der Waals surface area contributed by atoms with E-state index in [1.54, 1.807) is 7.11 Å². The van der Waals surface area contributed by atoms with E-state index in [-0.39, 0.29) is 12.4 Å². The van der Waals surface area contributed by atoms with Crippen molar-refractivity contribution in [2.24, 2.45) is 5.73 Å². The molecule has 58 valence electrons. The largest absolute Gasteiger partial charge is 0.480 e. The van der Waals surface area contributed by atoms with Crippen molar-refractivity contribution in [2.45, 2.75) is 6.54 Å². The van der Waals surface area contributed by atoms with E-state index >= 15 is 0 Å². The first-order chi connectivity index (χ1) is 4.38. The number of nitrogens with zero attached hydrogens (tertiary/aromatic N) is 1. The zero-order valence-corrected chi connectivity index (χ0v) is 7.17. The van der Waals surface area contributed by atoms with E-state index in [9.17, 15) is 0 Å². The van der Waals surface area contributed by atoms with Crippen LogP contribution in [-0.2, 0) is 6.54 Å². The van der Waals surface area contributed by atoms with Crippen molar-refractivity contribution in [3.8, 4) is 5.88 Å². The Labute approximate surface area is 69.8 Å². The number of nitrogens with two attached hydrogens (primary N) is 1. The highest BCUT2D eigenvalue weighted by Gasteiger charge is 2.01. The van der Waals surface area contributed by atoms with Gasteiger partial charge in [0.05, 0.1) is 7.11 Å². The van der Waals surface area contributed by atoms with Gasteiger partial charge in [-0.3, -0.25) is 0 Å². The lowest BCUT2D eigenvalue weighted by Crippen LogP contribution is -1.96. The second kappa shape index (κ2) is 4.49. The molecule has 0 spiro atoms. The highest BCUT2D eigenvalue weighted by Crippen LogP contribution is 2.16. The van der Waals surface area contributed by atoms with Crippen molar-refractivity contribution in [1.29, 1.82) is 0 Å². The van der Waals surface area contributed by atoms with Gasteiger partial charge >= 0.3 is 0 Å². The normalized spacial score (nSPS) is 8.60. The summed E-state index contributed by atoms with van der Waals surface area (Å²) in [5, 5.41) is 1.89. The fourth-order valence-corrected chi connectivity index (χ4v) is 1.22. The molecule has 0 fully saturated rings. The molecule has 1 rings (SSSR count). The average Bonchev–Trinajstić information content (AvgIpc) is 2.33. The molecule has 10 heavy (non-hydrogen) atoms. The van der Waals surface area contributed by atoms with Crippen molar-refractivity contribution in [2.75, 3.05) is 7.11 Å². The minimum absolute atomic E-state index is 0. The van der Waals surface area contributed by atoms with Gasteiger partial charge in [0.2, 0.25) is 5.88 Å². The third kappa shape index (κ3) is 1.83. The quantitative estimate of drug-likeness (QED) is 0.740. The molecule has 1 aromatic rings. The molecule has 0 unspecified atom stereocenters. The number of methoxy groups -OCH3 is 1. The Morgan fingerprint density at radius 2 is 2.50 bits per heavy atom. The number of hydrogen-bond donors (Lipinski definition) is 1. The molecule has 0 aliphatic heterocycles. The minimum atomic E-state index is 0. The van der Waals surface area contributed by atoms with Gasteiger partial charge in [-0.2, -0.15) is 4.37 Å². The standard InChI is InChI=1S/C5H8N2OS.ClH/c1-8-5-4(2-6)3-9-7-5;/h3H,2,6H2,1H3;1H. The van der Waals surface area contributed by atoms with Crippen LogP contribution in [0.2, 0.25) is 0 Å². The van der Waals surface area contributed by atoms with Crippen LogP contribution in [0.5, 0.6) is 5.88 Å². The highest BCUT2D eigenvalue weighted by atomic mass is 35.5. The lowest BCUT2D eigenvalue weighted by atomic mass is 10.4. The van der Waals surface area contributed by atoms with Crippen molar-refractivity contribution >= 4 is 23.9 Å². The Hall–Kier alpha value is -0.320. The minimum Gasteiger partial charge on any atom is -0.480 e. The van der Waals surface area contributed by atoms with Crippen LogP contribution in [0.25, 0.3) is 0 Å². The van der Waals surface area contributed by atoms with Gasteiger partial charge in [-0.25, -0.2) is 0 Å². The van der Waals surface area contributed by atoms with Crippen LogP contribution in [0.4, 0.5) is 0 Å². The fraction of sp³-hybridized carbons (Fsp3) is 0.400. The maximum absolute atomic E-state index is 5.36. The molecule has 0 aromatic carbocycles. The first-order valence-corrected chi connectivity index (χ1v) is 3.39. The van der Waals surface area contributed by atoms with E-state index in [0.29, 0.717) is 12.4 Å². The van der Waals surface area contributed by atoms with Gasteiger partial charge in [0.1, 0.15) is 0 Å². The molecule has 0 saturated carbocycles. The SMILES string of the molecule is COc1nscc1CN.Cl. The Bertz CT molecular complexity index is 173. The van der Waals surface area contributed by atoms with Crippen LogP contribution in [0.3, 0.4) is 0 Å². The maximum atomic E-state index is 5.36. The van der Waals surface area contributed by atoms with E-state index in [2.05, 4.69) is 4.37 Å². The molecule has 3 nitrogen and oxygen atoms in total. The molecule has 0 radical (unpaired) electrons. The van der Waals surface area contributed by atoms with Crippen molar-refractivity contribution < 1.29 is 4.74 Å². The van der Waals surface area contributed by atoms with Crippen LogP contribution >= 0.6 is 23.9 Å². The maximum Gasteiger partial charge on any atom is 0.229 e. The van der Waals surface area contributed by atoms with Crippen LogP contribution in [-0.4, -0.2) is 11.5 Å². The van der Waals surface area contributed by atoms with Crippen LogP contribution in [0.1, 0.15) is 5.56 Å². The summed E-state index contributed by atoms with van der Waals surface area (Å²) < 4.78 is 8.84. The first-order valence-electron chi connectivity index (χ1n) is 2.55. The second-order valence-electron chi connectivity index (χ2n) is 1.55. The van der Waals surface area contributed by atoms with Gasteiger partial charge in [-0.05, 0) is 11.5 Å². The molecule has 0 aliphatic rings. The summed E-state index contributed by atoms with van der Waals surface area (Å²) in [5.74, 6) is 0.655. The van der Waals surface area contributed by atoms with E-state index in [1.165, 1.54) is 11.5 Å². The highest BCUT2D eigenvalue weighted by molar-refractivity contribution is 7.03. The Morgan fingerprint density at radius 3 is 2.90 bits per heavy atom. The summed E-state index contributed by atoms with van der Waals surface area (Å²) >= 11 is 1.36. The lowest BCUT2D eigenvalue weighted by Gasteiger charge is -1.94. The van der Waals surface area contributed by atoms with Crippen molar-refractivity contribution in [3.05, 3.63) is 10.9 Å². The number of halogens is 1. The Balaban J connectivity index is 0.000000810. The molecule has 0 aliphatic carbocycles. The summed E-state index contributed by atoms with van der Waals surface area (Å²) in [7, 11) is 1.59. The molecule has 1 aromatic heterocycles. The number of aromatic nitrogens is 1. The number of hydrogen-bond acceptors (Lipinski definition) is 4. The zero-order valence-electron chi connectivity index (χ0n) is 5.53. The van der Waals surface area contributed by atoms with Gasteiger partial charge in [-0.1, -0.05) is 0 Å². The van der Waals surface area contributed by atoms with E-state index < -0.39 is 0 Å². The van der Waals surface area contributed by atoms with Gasteiger partial charge in [0, 0.05) is 17.5 Å². The smallest absolute Gasteiger partial charge is 0.229 e. The van der Waals surface area contributed by atoms with E-state index in [1.807, 2.05) is 5.38 Å². The van der Waals surface area contributed by atoms with Gasteiger partial charge < -0.3 is 10.5 Å². The first kappa shape index (κ1) is 9.68. The summed E-state index contributed by atoms with van der Waals surface area (Å²) in [6.45, 7) is 0.500. The molecule has 0 atom stereocenters. The molecule has 0 bridgehead atoms. The monoisotopic (exact) mass is 180 g/mol. The Morgan fingerprint density at radius 1 is 1.80 bits per heavy atom. The molecule has 2 N–H and O–H groups in total. The van der Waals surface area contributed by atoms with E-state index in [4.69, 9.17) is 10.5 Å². The average molecular weight is 181 g/mol. The molecule has 5 heteroatoms. The molecular weight excluding hydrogens is 172 g/mol. The van der Waals surface area contributed by atoms with Crippen LogP contribution < -0.4 is 10.5 Å². The third-order valence-corrected chi connectivity index (χ3v) is 1.68. The van der Waals surface area contributed by atoms with Crippen molar-refractivity contribution in [1.82, 2.24) is 4.37 Å². The lowest BCUT2D eigenvalue weighted by molar-refractivity contribution is 0.398. The van der Waals surface area contributed by atoms with Gasteiger partial charge in [-0.15, -0.1) is 12.4 Å². The topological polar surface area (TPSA) is 48.1 Å². The summed E-state index contributed by atoms with van der Waals surface area (Å²) in [6, 6.07) is 0. The number of rotatable bonds is 2. The van der Waals surface area contributed by atoms with Crippen molar-refractivity contribution in [3.63, 3.8) is 0 Å². The molecule has 0 amide bonds. The van der Waals surface area contributed by atoms with Gasteiger partial charge in [0.15, 0.2) is 0 Å². The Kier molecular flexibility index (Phi) is 4.34. The van der Waals surface area contributed by atoms with Crippen LogP contribution in [0.15, 0.2) is 5.38 Å².